The number of amides is 1. The number of carbonyl (C=O) groups excluding carboxylic acids is 1. The third kappa shape index (κ3) is 7.89. The van der Waals surface area contributed by atoms with Gasteiger partial charge in [-0.1, -0.05) is 102 Å². The minimum absolute atomic E-state index is 0.00915. The number of nitrogens with one attached hydrogen (secondary N) is 1. The van der Waals surface area contributed by atoms with Gasteiger partial charge in [-0.05, 0) is 58.1 Å². The van der Waals surface area contributed by atoms with Crippen molar-refractivity contribution in [2.75, 3.05) is 31.4 Å². The molecule has 0 saturated carbocycles. The Bertz CT molecular complexity index is 1510. The molecule has 0 aliphatic carbocycles. The zero-order valence-electron chi connectivity index (χ0n) is 27.2. The molecule has 0 radical (unpaired) electrons. The number of para-hydroxylation sites is 1. The molecule has 8 heteroatoms. The maximum Gasteiger partial charge on any atom is 0.262 e. The molecule has 4 rings (SSSR count). The van der Waals surface area contributed by atoms with E-state index in [4.69, 9.17) is 0 Å². The highest BCUT2D eigenvalue weighted by atomic mass is 32.2. The molecule has 0 spiro atoms. The first-order valence-electron chi connectivity index (χ1n) is 15.8. The minimum Gasteiger partial charge on any atom is -0.392 e. The molecule has 7 nitrogen and oxygen atoms in total. The fraction of sp³-hybridized carbons (Fsp3) is 0.472. The Morgan fingerprint density at radius 3 is 2.05 bits per heavy atom. The summed E-state index contributed by atoms with van der Waals surface area (Å²) >= 11 is 0. The zero-order chi connectivity index (χ0) is 32.2. The Kier molecular flexibility index (Phi) is 10.9. The summed E-state index contributed by atoms with van der Waals surface area (Å²) in [6.07, 6.45) is 0.423. The smallest absolute Gasteiger partial charge is 0.262 e. The average molecular weight is 620 g/mol. The van der Waals surface area contributed by atoms with Crippen molar-refractivity contribution in [2.24, 2.45) is 0 Å². The Balaban J connectivity index is 1.64. The van der Waals surface area contributed by atoms with Gasteiger partial charge >= 0.3 is 0 Å². The molecule has 2 unspecified atom stereocenters. The van der Waals surface area contributed by atoms with E-state index in [9.17, 15) is 18.3 Å². The number of nitrogens with zero attached hydrogens (tertiary/aromatic N) is 2. The molecule has 1 heterocycles. The lowest BCUT2D eigenvalue weighted by Crippen LogP contribution is -2.39. The standard InChI is InChI=1S/C36H49N3O4S/c1-24(2)29-19-31(25(3)4)36(32(20-29)26(5)6)44(42,43)37-33-16-12-11-15-28(33)21-35(41)38(7)34(27-13-9-8-10-14-27)23-39-18-17-30(40)22-39/h8-16,19-20,24-26,30,34,37,40H,17-18,21-23H2,1-7H3. The number of hydrogen-bond donors (Lipinski definition) is 2. The van der Waals surface area contributed by atoms with E-state index in [1.165, 1.54) is 0 Å². The number of rotatable bonds is 12. The van der Waals surface area contributed by atoms with E-state index in [-0.39, 0.29) is 42.2 Å². The van der Waals surface area contributed by atoms with E-state index in [0.717, 1.165) is 35.2 Å². The monoisotopic (exact) mass is 619 g/mol. The SMILES string of the molecule is CC(C)c1cc(C(C)C)c(S(=O)(=O)Nc2ccccc2CC(=O)N(C)C(CN2CCC(O)C2)c2ccccc2)c(C(C)C)c1. The molecule has 3 aromatic rings. The van der Waals surface area contributed by atoms with Crippen LogP contribution in [-0.4, -0.2) is 62.0 Å². The summed E-state index contributed by atoms with van der Waals surface area (Å²) in [6.45, 7) is 14.3. The van der Waals surface area contributed by atoms with Gasteiger partial charge in [0.2, 0.25) is 5.91 Å². The highest BCUT2D eigenvalue weighted by Gasteiger charge is 2.30. The summed E-state index contributed by atoms with van der Waals surface area (Å²) in [6, 6.07) is 20.9. The van der Waals surface area contributed by atoms with Crippen molar-refractivity contribution < 1.29 is 18.3 Å². The normalized spacial score (nSPS) is 16.6. The van der Waals surface area contributed by atoms with E-state index in [0.29, 0.717) is 29.2 Å². The number of sulfonamides is 1. The molecular formula is C36H49N3O4S. The quantitative estimate of drug-likeness (QED) is 0.237. The lowest BCUT2D eigenvalue weighted by Gasteiger charge is -2.32. The predicted octanol–water partition coefficient (Wildman–Crippen LogP) is 6.67. The molecule has 3 aromatic carbocycles. The molecule has 0 bridgehead atoms. The first kappa shape index (κ1) is 33.7. The van der Waals surface area contributed by atoms with Gasteiger partial charge in [0.15, 0.2) is 0 Å². The minimum atomic E-state index is -3.97. The van der Waals surface area contributed by atoms with E-state index >= 15 is 0 Å². The van der Waals surface area contributed by atoms with Crippen LogP contribution in [0.4, 0.5) is 5.69 Å². The summed E-state index contributed by atoms with van der Waals surface area (Å²) in [4.78, 5) is 18.1. The lowest BCUT2D eigenvalue weighted by molar-refractivity contribution is -0.131. The van der Waals surface area contributed by atoms with Crippen molar-refractivity contribution >= 4 is 21.6 Å². The Labute approximate surface area is 264 Å². The van der Waals surface area contributed by atoms with Crippen LogP contribution in [0.2, 0.25) is 0 Å². The number of likely N-dealkylation sites (tertiary alicyclic amines) is 1. The first-order chi connectivity index (χ1) is 20.8. The highest BCUT2D eigenvalue weighted by molar-refractivity contribution is 7.92. The van der Waals surface area contributed by atoms with Gasteiger partial charge in [0, 0.05) is 26.7 Å². The van der Waals surface area contributed by atoms with E-state index in [1.807, 2.05) is 82.3 Å². The molecule has 238 valence electrons. The second-order valence-corrected chi connectivity index (χ2v) is 14.7. The van der Waals surface area contributed by atoms with E-state index < -0.39 is 10.0 Å². The number of aliphatic hydroxyl groups is 1. The molecule has 2 atom stereocenters. The van der Waals surface area contributed by atoms with Gasteiger partial charge in [0.25, 0.3) is 10.0 Å². The third-order valence-electron chi connectivity index (χ3n) is 8.68. The number of hydrogen-bond acceptors (Lipinski definition) is 5. The van der Waals surface area contributed by atoms with Crippen molar-refractivity contribution in [1.29, 1.82) is 0 Å². The number of carbonyl (C=O) groups is 1. The molecule has 44 heavy (non-hydrogen) atoms. The van der Waals surface area contributed by atoms with Crippen molar-refractivity contribution in [3.05, 3.63) is 94.5 Å². The van der Waals surface area contributed by atoms with Gasteiger partial charge in [-0.25, -0.2) is 8.42 Å². The average Bonchev–Trinajstić information content (AvgIpc) is 3.40. The maximum absolute atomic E-state index is 14.2. The van der Waals surface area contributed by atoms with Gasteiger partial charge in [-0.2, -0.15) is 0 Å². The molecule has 1 amide bonds. The van der Waals surface area contributed by atoms with Crippen LogP contribution in [0.5, 0.6) is 0 Å². The van der Waals surface area contributed by atoms with Crippen molar-refractivity contribution in [3.63, 3.8) is 0 Å². The van der Waals surface area contributed by atoms with Crippen LogP contribution in [-0.2, 0) is 21.2 Å². The summed E-state index contributed by atoms with van der Waals surface area (Å²) in [7, 11) is -2.17. The Morgan fingerprint density at radius 1 is 0.909 bits per heavy atom. The van der Waals surface area contributed by atoms with Gasteiger partial charge < -0.3 is 10.0 Å². The van der Waals surface area contributed by atoms with Crippen molar-refractivity contribution in [1.82, 2.24) is 9.80 Å². The van der Waals surface area contributed by atoms with Crippen LogP contribution < -0.4 is 4.72 Å². The van der Waals surface area contributed by atoms with Gasteiger partial charge in [0.1, 0.15) is 0 Å². The second-order valence-electron chi connectivity index (χ2n) is 13.1. The molecule has 1 aliphatic heterocycles. The van der Waals surface area contributed by atoms with Crippen LogP contribution in [0.1, 0.15) is 99.6 Å². The molecule has 1 fully saturated rings. The number of β-amino-alcohol motifs (C(OH)–C–C–N with tert-alkyl or cyclic N) is 1. The second kappa shape index (κ2) is 14.3. The van der Waals surface area contributed by atoms with Crippen LogP contribution in [0.3, 0.4) is 0 Å². The third-order valence-corrected chi connectivity index (χ3v) is 10.2. The van der Waals surface area contributed by atoms with Gasteiger partial charge in [0.05, 0.1) is 29.1 Å². The van der Waals surface area contributed by atoms with E-state index in [1.54, 1.807) is 24.1 Å². The predicted molar refractivity (Wildman–Crippen MR) is 179 cm³/mol. The maximum atomic E-state index is 14.2. The lowest BCUT2D eigenvalue weighted by atomic mass is 9.89. The summed E-state index contributed by atoms with van der Waals surface area (Å²) in [5.74, 6) is 0.177. The van der Waals surface area contributed by atoms with Crippen LogP contribution in [0.15, 0.2) is 71.6 Å². The van der Waals surface area contributed by atoms with Crippen LogP contribution in [0.25, 0.3) is 0 Å². The molecular weight excluding hydrogens is 570 g/mol. The fourth-order valence-electron chi connectivity index (χ4n) is 5.98. The largest absolute Gasteiger partial charge is 0.392 e. The first-order valence-corrected chi connectivity index (χ1v) is 17.3. The fourth-order valence-corrected chi connectivity index (χ4v) is 7.78. The van der Waals surface area contributed by atoms with Crippen LogP contribution >= 0.6 is 0 Å². The summed E-state index contributed by atoms with van der Waals surface area (Å²) in [5, 5.41) is 10.1. The molecule has 2 N–H and O–H groups in total. The Hall–Kier alpha value is -3.20. The number of benzene rings is 3. The van der Waals surface area contributed by atoms with Crippen molar-refractivity contribution in [2.45, 2.75) is 89.2 Å². The molecule has 1 saturated heterocycles. The summed E-state index contributed by atoms with van der Waals surface area (Å²) in [5.41, 5.74) is 4.78. The van der Waals surface area contributed by atoms with Crippen molar-refractivity contribution in [3.8, 4) is 0 Å². The topological polar surface area (TPSA) is 90.0 Å². The highest BCUT2D eigenvalue weighted by Crippen LogP contribution is 2.36. The number of anilines is 1. The molecule has 1 aliphatic rings. The Morgan fingerprint density at radius 2 is 1.50 bits per heavy atom. The van der Waals surface area contributed by atoms with Crippen LogP contribution in [0, 0.1) is 0 Å². The van der Waals surface area contributed by atoms with E-state index in [2.05, 4.69) is 23.5 Å². The number of likely N-dealkylation sites (N-methyl/N-ethyl adjacent to an activating group) is 1. The summed E-state index contributed by atoms with van der Waals surface area (Å²) < 4.78 is 31.2. The van der Waals surface area contributed by atoms with Gasteiger partial charge in [-0.3, -0.25) is 14.4 Å². The van der Waals surface area contributed by atoms with Gasteiger partial charge in [-0.15, -0.1) is 0 Å². The number of aliphatic hydroxyl groups excluding tert-OH is 1. The zero-order valence-corrected chi connectivity index (χ0v) is 28.1. The molecule has 0 aromatic heterocycles.